The highest BCUT2D eigenvalue weighted by Gasteiger charge is 2.57. The monoisotopic (exact) mass is 764 g/mol. The third kappa shape index (κ3) is 8.56. The molecule has 0 aliphatic heterocycles. The van der Waals surface area contributed by atoms with Crippen LogP contribution in [0.15, 0.2) is 127 Å². The standard InChI is InChI=1S/C50H56N2O5/c1-34-12-11-28-49(3)46(44-26-20-36(30-41(53)23-19-34)31-45(44)47(54)39-21-24-42(57-4)25-22-39)27-29-50(49,56)33-52(48(55)51-35(2)37-13-6-5-7-14-37)32-40-17-10-16-38-15-8-9-18-43(38)40/h5-10,12-18,20-22,24-26,31,35,41,46,53,56H,11,19,23,27-30,32-33H2,1-4H3,(H,51,55)/t35-,41+,46+,49+,50-/m1/s1. The number of fused-ring (bicyclic) bond motifs is 9. The van der Waals surface area contributed by atoms with Crippen molar-refractivity contribution in [2.45, 2.75) is 95.9 Å². The van der Waals surface area contributed by atoms with Gasteiger partial charge in [-0.15, -0.1) is 0 Å². The van der Waals surface area contributed by atoms with Crippen molar-refractivity contribution in [1.82, 2.24) is 10.2 Å². The normalized spacial score (nSPS) is 22.9. The maximum absolute atomic E-state index is 14.6. The molecule has 296 valence electrons. The van der Waals surface area contributed by atoms with Crippen LogP contribution in [0.2, 0.25) is 0 Å². The first-order valence-corrected chi connectivity index (χ1v) is 20.4. The fourth-order valence-electron chi connectivity index (χ4n) is 9.35. The number of ether oxygens (including phenoxy) is 1. The summed E-state index contributed by atoms with van der Waals surface area (Å²) in [5, 5.41) is 29.8. The Kier molecular flexibility index (Phi) is 12.0. The Morgan fingerprint density at radius 2 is 1.65 bits per heavy atom. The summed E-state index contributed by atoms with van der Waals surface area (Å²) in [5.74, 6) is 0.391. The lowest BCUT2D eigenvalue weighted by Crippen LogP contribution is -2.55. The number of nitrogens with zero attached hydrogens (tertiary/aromatic N) is 1. The summed E-state index contributed by atoms with van der Waals surface area (Å²) < 4.78 is 5.38. The number of benzene rings is 5. The van der Waals surface area contributed by atoms with Crippen molar-refractivity contribution in [2.75, 3.05) is 13.7 Å². The Morgan fingerprint density at radius 1 is 0.912 bits per heavy atom. The van der Waals surface area contributed by atoms with Gasteiger partial charge in [0, 0.05) is 23.1 Å². The van der Waals surface area contributed by atoms with Gasteiger partial charge in [-0.05, 0) is 128 Å². The third-order valence-corrected chi connectivity index (χ3v) is 12.9. The molecule has 0 unspecified atom stereocenters. The van der Waals surface area contributed by atoms with E-state index < -0.39 is 17.1 Å². The molecule has 8 rings (SSSR count). The lowest BCUT2D eigenvalue weighted by atomic mass is 9.64. The summed E-state index contributed by atoms with van der Waals surface area (Å²) in [7, 11) is 1.61. The molecule has 0 radical (unpaired) electrons. The van der Waals surface area contributed by atoms with Crippen molar-refractivity contribution in [3.63, 3.8) is 0 Å². The van der Waals surface area contributed by atoms with Gasteiger partial charge in [-0.25, -0.2) is 4.79 Å². The van der Waals surface area contributed by atoms with E-state index in [0.717, 1.165) is 45.9 Å². The molecule has 0 spiro atoms. The average molecular weight is 765 g/mol. The van der Waals surface area contributed by atoms with Gasteiger partial charge in [0.2, 0.25) is 0 Å². The molecule has 7 nitrogen and oxygen atoms in total. The van der Waals surface area contributed by atoms with Gasteiger partial charge < -0.3 is 25.2 Å². The summed E-state index contributed by atoms with van der Waals surface area (Å²) in [5.41, 5.74) is 4.16. The minimum Gasteiger partial charge on any atom is -0.497 e. The highest BCUT2D eigenvalue weighted by Crippen LogP contribution is 2.59. The maximum Gasteiger partial charge on any atom is 0.318 e. The van der Waals surface area contributed by atoms with Crippen molar-refractivity contribution >= 4 is 22.6 Å². The van der Waals surface area contributed by atoms with Crippen LogP contribution >= 0.6 is 0 Å². The van der Waals surface area contributed by atoms with E-state index in [4.69, 9.17) is 4.74 Å². The lowest BCUT2D eigenvalue weighted by Gasteiger charge is -2.46. The lowest BCUT2D eigenvalue weighted by molar-refractivity contribution is -0.0780. The zero-order chi connectivity index (χ0) is 40.2. The van der Waals surface area contributed by atoms with Gasteiger partial charge >= 0.3 is 6.03 Å². The van der Waals surface area contributed by atoms with Gasteiger partial charge in [-0.3, -0.25) is 4.79 Å². The Balaban J connectivity index is 1.30. The predicted octanol–water partition coefficient (Wildman–Crippen LogP) is 10.1. The van der Waals surface area contributed by atoms with Gasteiger partial charge in [-0.2, -0.15) is 0 Å². The molecule has 5 aromatic rings. The number of hydrogen-bond acceptors (Lipinski definition) is 5. The summed E-state index contributed by atoms with van der Waals surface area (Å²) in [6, 6.07) is 37.1. The van der Waals surface area contributed by atoms with Crippen LogP contribution in [0.25, 0.3) is 10.8 Å². The Morgan fingerprint density at radius 3 is 2.42 bits per heavy atom. The fourth-order valence-corrected chi connectivity index (χ4v) is 9.35. The molecule has 1 fully saturated rings. The summed E-state index contributed by atoms with van der Waals surface area (Å²) >= 11 is 0. The number of ketones is 1. The molecule has 1 saturated carbocycles. The van der Waals surface area contributed by atoms with Crippen LogP contribution in [0, 0.1) is 5.41 Å². The van der Waals surface area contributed by atoms with Crippen LogP contribution in [0.3, 0.4) is 0 Å². The SMILES string of the molecule is COc1ccc(C(=O)c2cc3ccc2[C@@H]2CC[C@@](O)(CN(Cc4cccc5ccccc45)C(=O)N[C@H](C)c4ccccc4)[C@@]2(C)CCC=C(C)CC[C@H](O)C3)cc1. The number of hydrogen-bond donors (Lipinski definition) is 3. The third-order valence-electron chi connectivity index (χ3n) is 12.9. The number of rotatable bonds is 9. The summed E-state index contributed by atoms with van der Waals surface area (Å²) in [4.78, 5) is 30.9. The van der Waals surface area contributed by atoms with Crippen molar-refractivity contribution in [3.8, 4) is 5.75 Å². The number of carbonyl (C=O) groups excluding carboxylic acids is 2. The number of allylic oxidation sites excluding steroid dienone is 2. The molecule has 57 heavy (non-hydrogen) atoms. The fraction of sp³-hybridized carbons (Fsp3) is 0.360. The molecule has 5 atom stereocenters. The van der Waals surface area contributed by atoms with Crippen LogP contribution in [0.4, 0.5) is 4.79 Å². The first kappa shape index (κ1) is 40.0. The Hall–Kier alpha value is -5.24. The second-order valence-corrected chi connectivity index (χ2v) is 16.6. The number of carbonyl (C=O) groups is 2. The number of aliphatic hydroxyl groups excluding tert-OH is 1. The smallest absolute Gasteiger partial charge is 0.318 e. The van der Waals surface area contributed by atoms with E-state index in [1.807, 2.05) is 67.6 Å². The van der Waals surface area contributed by atoms with Gasteiger partial charge in [0.1, 0.15) is 5.75 Å². The van der Waals surface area contributed by atoms with E-state index in [9.17, 15) is 19.8 Å². The van der Waals surface area contributed by atoms with E-state index >= 15 is 0 Å². The van der Waals surface area contributed by atoms with E-state index in [-0.39, 0.29) is 30.3 Å². The molecule has 2 amide bonds. The van der Waals surface area contributed by atoms with Crippen molar-refractivity contribution in [1.29, 1.82) is 0 Å². The van der Waals surface area contributed by atoms with Gasteiger partial charge in [-0.1, -0.05) is 104 Å². The molecular formula is C50H56N2O5. The van der Waals surface area contributed by atoms with Gasteiger partial charge in [0.15, 0.2) is 5.78 Å². The number of nitrogens with one attached hydrogen (secondary N) is 1. The first-order valence-electron chi connectivity index (χ1n) is 20.4. The topological polar surface area (TPSA) is 99.1 Å². The largest absolute Gasteiger partial charge is 0.497 e. The van der Waals surface area contributed by atoms with Crippen molar-refractivity contribution in [2.24, 2.45) is 5.41 Å². The number of urea groups is 1. The molecular weight excluding hydrogens is 709 g/mol. The van der Waals surface area contributed by atoms with E-state index in [0.29, 0.717) is 55.5 Å². The van der Waals surface area contributed by atoms with E-state index in [2.05, 4.69) is 55.6 Å². The van der Waals surface area contributed by atoms with Crippen molar-refractivity contribution in [3.05, 3.63) is 160 Å². The molecule has 3 N–H and O–H groups in total. The predicted molar refractivity (Wildman–Crippen MR) is 228 cm³/mol. The molecule has 0 aromatic heterocycles. The first-order chi connectivity index (χ1) is 27.5. The van der Waals surface area contributed by atoms with Crippen molar-refractivity contribution < 1.29 is 24.5 Å². The molecule has 3 aliphatic carbocycles. The van der Waals surface area contributed by atoms with Crippen LogP contribution in [-0.2, 0) is 13.0 Å². The minimum atomic E-state index is -1.29. The zero-order valence-electron chi connectivity index (χ0n) is 33.7. The summed E-state index contributed by atoms with van der Waals surface area (Å²) in [6.07, 6.45) is 6.01. The van der Waals surface area contributed by atoms with Gasteiger partial charge in [0.25, 0.3) is 0 Å². The highest BCUT2D eigenvalue weighted by molar-refractivity contribution is 6.10. The Bertz CT molecular complexity index is 2230. The van der Waals surface area contributed by atoms with E-state index in [1.165, 1.54) is 5.57 Å². The second kappa shape index (κ2) is 17.1. The molecule has 5 aromatic carbocycles. The van der Waals surface area contributed by atoms with Crippen LogP contribution in [-0.4, -0.2) is 52.3 Å². The van der Waals surface area contributed by atoms with Crippen LogP contribution in [0.5, 0.6) is 5.75 Å². The zero-order valence-corrected chi connectivity index (χ0v) is 33.7. The number of amides is 2. The molecule has 0 saturated heterocycles. The van der Waals surface area contributed by atoms with Crippen LogP contribution in [0.1, 0.15) is 109 Å². The van der Waals surface area contributed by atoms with Crippen LogP contribution < -0.4 is 10.1 Å². The summed E-state index contributed by atoms with van der Waals surface area (Å²) in [6.45, 7) is 6.70. The minimum absolute atomic E-state index is 0.100. The highest BCUT2D eigenvalue weighted by atomic mass is 16.5. The molecule has 2 bridgehead atoms. The van der Waals surface area contributed by atoms with E-state index in [1.54, 1.807) is 36.3 Å². The Labute approximate surface area is 337 Å². The number of methoxy groups -OCH3 is 1. The number of aliphatic hydroxyl groups is 2. The molecule has 7 heteroatoms. The maximum atomic E-state index is 14.6. The van der Waals surface area contributed by atoms with Gasteiger partial charge in [0.05, 0.1) is 31.4 Å². The molecule has 0 heterocycles. The second-order valence-electron chi connectivity index (χ2n) is 16.6. The average Bonchev–Trinajstić information content (AvgIpc) is 3.48. The molecule has 3 aliphatic rings. The quantitative estimate of drug-likeness (QED) is 0.103.